The Morgan fingerprint density at radius 1 is 1.35 bits per heavy atom. The molecule has 2 aromatic heterocycles. The van der Waals surface area contributed by atoms with Crippen LogP contribution in [0.25, 0.3) is 5.65 Å². The van der Waals surface area contributed by atoms with Crippen molar-refractivity contribution < 1.29 is 0 Å². The average molecular weight is 248 g/mol. The second-order valence-electron chi connectivity index (χ2n) is 4.33. The van der Waals surface area contributed by atoms with E-state index in [1.807, 2.05) is 30.0 Å². The first kappa shape index (κ1) is 11.0. The Labute approximate surface area is 105 Å². The molecule has 1 unspecified atom stereocenters. The number of hydrogen-bond donors (Lipinski definition) is 1. The highest BCUT2D eigenvalue weighted by Gasteiger charge is 2.22. The maximum atomic E-state index is 5.79. The first-order chi connectivity index (χ1) is 8.40. The summed E-state index contributed by atoms with van der Waals surface area (Å²) in [7, 11) is 0. The van der Waals surface area contributed by atoms with Gasteiger partial charge in [0.25, 0.3) is 0 Å². The van der Waals surface area contributed by atoms with Crippen LogP contribution in [0.4, 0.5) is 0 Å². The number of pyridine rings is 1. The van der Waals surface area contributed by atoms with Crippen LogP contribution in [0, 0.1) is 0 Å². The van der Waals surface area contributed by atoms with Gasteiger partial charge < -0.3 is 5.73 Å². The van der Waals surface area contributed by atoms with E-state index < -0.39 is 0 Å². The lowest BCUT2D eigenvalue weighted by molar-refractivity contribution is 0.653. The summed E-state index contributed by atoms with van der Waals surface area (Å²) in [5, 5.41) is 9.09. The lowest BCUT2D eigenvalue weighted by atomic mass is 10.2. The van der Waals surface area contributed by atoms with Crippen molar-refractivity contribution in [1.29, 1.82) is 0 Å². The molecular formula is C12H16N4S. The second kappa shape index (κ2) is 4.66. The van der Waals surface area contributed by atoms with Gasteiger partial charge >= 0.3 is 0 Å². The summed E-state index contributed by atoms with van der Waals surface area (Å²) in [6.07, 6.45) is 3.81. The summed E-state index contributed by atoms with van der Waals surface area (Å²) >= 11 is 1.99. The minimum atomic E-state index is 0.478. The van der Waals surface area contributed by atoms with Gasteiger partial charge in [-0.25, -0.2) is 0 Å². The van der Waals surface area contributed by atoms with E-state index in [9.17, 15) is 0 Å². The molecular weight excluding hydrogens is 232 g/mol. The standard InChI is InChI=1S/C12H16N4S/c13-8-9-4-3-6-11-14-15-12(16(9)11)10-5-1-2-7-17-10/h3-4,6,10H,1-2,5,7-8,13H2. The molecule has 1 aliphatic heterocycles. The van der Waals surface area contributed by atoms with Crippen LogP contribution in [0.1, 0.15) is 36.0 Å². The van der Waals surface area contributed by atoms with Gasteiger partial charge in [0.15, 0.2) is 11.5 Å². The molecule has 0 aromatic carbocycles. The van der Waals surface area contributed by atoms with Gasteiger partial charge in [-0.3, -0.25) is 4.40 Å². The Hall–Kier alpha value is -1.07. The number of rotatable bonds is 2. The summed E-state index contributed by atoms with van der Waals surface area (Å²) in [6, 6.07) is 6.03. The summed E-state index contributed by atoms with van der Waals surface area (Å²) < 4.78 is 2.13. The van der Waals surface area contributed by atoms with Crippen LogP contribution in [0.3, 0.4) is 0 Å². The molecule has 0 saturated carbocycles. The molecule has 0 aliphatic carbocycles. The molecule has 0 bridgehead atoms. The zero-order valence-electron chi connectivity index (χ0n) is 9.67. The van der Waals surface area contributed by atoms with E-state index in [-0.39, 0.29) is 0 Å². The van der Waals surface area contributed by atoms with Crippen LogP contribution in [0.5, 0.6) is 0 Å². The van der Waals surface area contributed by atoms with Crippen molar-refractivity contribution in [2.45, 2.75) is 31.1 Å². The van der Waals surface area contributed by atoms with Gasteiger partial charge in [-0.1, -0.05) is 12.5 Å². The molecule has 0 amide bonds. The number of aromatic nitrogens is 3. The Bertz CT molecular complexity index is 516. The van der Waals surface area contributed by atoms with Crippen LogP contribution in [0.15, 0.2) is 18.2 Å². The van der Waals surface area contributed by atoms with Crippen molar-refractivity contribution in [3.05, 3.63) is 29.7 Å². The van der Waals surface area contributed by atoms with Gasteiger partial charge in [-0.2, -0.15) is 11.8 Å². The first-order valence-corrected chi connectivity index (χ1v) is 7.09. The summed E-state index contributed by atoms with van der Waals surface area (Å²) in [4.78, 5) is 0. The topological polar surface area (TPSA) is 56.2 Å². The number of nitrogens with zero attached hydrogens (tertiary/aromatic N) is 3. The zero-order valence-corrected chi connectivity index (χ0v) is 10.5. The van der Waals surface area contributed by atoms with Gasteiger partial charge in [0, 0.05) is 12.2 Å². The smallest absolute Gasteiger partial charge is 0.161 e. The monoisotopic (exact) mass is 248 g/mol. The normalized spacial score (nSPS) is 20.9. The predicted molar refractivity (Wildman–Crippen MR) is 69.9 cm³/mol. The van der Waals surface area contributed by atoms with Crippen molar-refractivity contribution in [2.24, 2.45) is 5.73 Å². The van der Waals surface area contributed by atoms with E-state index in [0.29, 0.717) is 11.8 Å². The van der Waals surface area contributed by atoms with E-state index in [1.54, 1.807) is 0 Å². The van der Waals surface area contributed by atoms with E-state index in [1.165, 1.54) is 25.0 Å². The Balaban J connectivity index is 2.09. The molecule has 3 heterocycles. The maximum absolute atomic E-state index is 5.79. The molecule has 4 nitrogen and oxygen atoms in total. The van der Waals surface area contributed by atoms with Crippen LogP contribution in [0.2, 0.25) is 0 Å². The maximum Gasteiger partial charge on any atom is 0.161 e. The summed E-state index contributed by atoms with van der Waals surface area (Å²) in [5.74, 6) is 2.30. The fourth-order valence-electron chi connectivity index (χ4n) is 2.34. The molecule has 0 radical (unpaired) electrons. The Morgan fingerprint density at radius 3 is 3.06 bits per heavy atom. The number of nitrogens with two attached hydrogens (primary N) is 1. The highest BCUT2D eigenvalue weighted by Crippen LogP contribution is 2.37. The predicted octanol–water partition coefficient (Wildman–Crippen LogP) is 2.15. The molecule has 1 atom stereocenters. The fourth-order valence-corrected chi connectivity index (χ4v) is 3.63. The highest BCUT2D eigenvalue weighted by molar-refractivity contribution is 7.99. The SMILES string of the molecule is NCc1cccc2nnc(C3CCCCS3)n12. The van der Waals surface area contributed by atoms with Gasteiger partial charge in [0.2, 0.25) is 0 Å². The van der Waals surface area contributed by atoms with Crippen molar-refractivity contribution in [3.63, 3.8) is 0 Å². The third-order valence-corrected chi connectivity index (χ3v) is 4.58. The minimum Gasteiger partial charge on any atom is -0.325 e. The van der Waals surface area contributed by atoms with Crippen molar-refractivity contribution in [3.8, 4) is 0 Å². The van der Waals surface area contributed by atoms with Gasteiger partial charge in [0.1, 0.15) is 0 Å². The van der Waals surface area contributed by atoms with Crippen molar-refractivity contribution in [2.75, 3.05) is 5.75 Å². The van der Waals surface area contributed by atoms with Crippen LogP contribution >= 0.6 is 11.8 Å². The molecule has 1 saturated heterocycles. The third kappa shape index (κ3) is 1.93. The van der Waals surface area contributed by atoms with Crippen LogP contribution < -0.4 is 5.73 Å². The molecule has 1 fully saturated rings. The fraction of sp³-hybridized carbons (Fsp3) is 0.500. The van der Waals surface area contributed by atoms with E-state index in [4.69, 9.17) is 5.73 Å². The quantitative estimate of drug-likeness (QED) is 0.884. The van der Waals surface area contributed by atoms with Gasteiger partial charge in [0.05, 0.1) is 5.25 Å². The first-order valence-electron chi connectivity index (χ1n) is 6.05. The second-order valence-corrected chi connectivity index (χ2v) is 5.64. The molecule has 5 heteroatoms. The minimum absolute atomic E-state index is 0.478. The number of thioether (sulfide) groups is 1. The lowest BCUT2D eigenvalue weighted by Gasteiger charge is -2.20. The van der Waals surface area contributed by atoms with Crippen molar-refractivity contribution in [1.82, 2.24) is 14.6 Å². The summed E-state index contributed by atoms with van der Waals surface area (Å²) in [6.45, 7) is 0.528. The molecule has 17 heavy (non-hydrogen) atoms. The third-order valence-electron chi connectivity index (χ3n) is 3.21. The summed E-state index contributed by atoms with van der Waals surface area (Å²) in [5.41, 5.74) is 7.79. The molecule has 2 N–H and O–H groups in total. The van der Waals surface area contributed by atoms with E-state index in [0.717, 1.165) is 17.2 Å². The molecule has 2 aromatic rings. The molecule has 0 spiro atoms. The Morgan fingerprint density at radius 2 is 2.29 bits per heavy atom. The lowest BCUT2D eigenvalue weighted by Crippen LogP contribution is -2.10. The van der Waals surface area contributed by atoms with Crippen molar-refractivity contribution >= 4 is 17.4 Å². The highest BCUT2D eigenvalue weighted by atomic mass is 32.2. The molecule has 1 aliphatic rings. The van der Waals surface area contributed by atoms with Crippen LogP contribution in [-0.4, -0.2) is 20.4 Å². The van der Waals surface area contributed by atoms with Crippen LogP contribution in [-0.2, 0) is 6.54 Å². The Kier molecular flexibility index (Phi) is 3.03. The largest absolute Gasteiger partial charge is 0.325 e. The molecule has 90 valence electrons. The van der Waals surface area contributed by atoms with Gasteiger partial charge in [-0.15, -0.1) is 10.2 Å². The zero-order chi connectivity index (χ0) is 11.7. The number of hydrogen-bond acceptors (Lipinski definition) is 4. The average Bonchev–Trinajstić information content (AvgIpc) is 2.83. The van der Waals surface area contributed by atoms with Gasteiger partial charge in [-0.05, 0) is 30.7 Å². The number of fused-ring (bicyclic) bond motifs is 1. The molecule has 3 rings (SSSR count). The van der Waals surface area contributed by atoms with E-state index in [2.05, 4.69) is 14.6 Å². The van der Waals surface area contributed by atoms with E-state index >= 15 is 0 Å².